The lowest BCUT2D eigenvalue weighted by atomic mass is 9.71. The molecule has 2 aliphatic heterocycles. The number of hydrazine groups is 1. The van der Waals surface area contributed by atoms with Crippen LogP contribution < -0.4 is 21.8 Å². The molecule has 0 spiro atoms. The highest BCUT2D eigenvalue weighted by molar-refractivity contribution is 5.92. The number of carbonyl (C=O) groups is 2. The van der Waals surface area contributed by atoms with Gasteiger partial charge in [0.15, 0.2) is 5.96 Å². The van der Waals surface area contributed by atoms with E-state index in [1.54, 1.807) is 18.1 Å². The van der Waals surface area contributed by atoms with Gasteiger partial charge in [-0.1, -0.05) is 13.8 Å². The highest BCUT2D eigenvalue weighted by Gasteiger charge is 2.45. The van der Waals surface area contributed by atoms with Crippen molar-refractivity contribution in [3.63, 3.8) is 0 Å². The van der Waals surface area contributed by atoms with E-state index in [2.05, 4.69) is 34.9 Å². The van der Waals surface area contributed by atoms with E-state index < -0.39 is 11.7 Å². The summed E-state index contributed by atoms with van der Waals surface area (Å²) < 4.78 is 10.6. The number of guanidine groups is 1. The first-order chi connectivity index (χ1) is 14.9. The van der Waals surface area contributed by atoms with Crippen molar-refractivity contribution in [2.45, 2.75) is 60.0 Å². The molecule has 10 nitrogen and oxygen atoms in total. The normalized spacial score (nSPS) is 19.2. The molecule has 176 valence electrons. The predicted molar refractivity (Wildman–Crippen MR) is 121 cm³/mol. The van der Waals surface area contributed by atoms with Crippen molar-refractivity contribution in [1.29, 1.82) is 0 Å². The van der Waals surface area contributed by atoms with Gasteiger partial charge in [-0.2, -0.15) is 0 Å². The molecule has 0 unspecified atom stereocenters. The highest BCUT2D eigenvalue weighted by atomic mass is 16.6. The fraction of sp³-hybridized carbons (Fsp3) is 0.591. The SMILES string of the molecule is CCOC(=O)C1=C2C(=C3NC(N)=NC=C3CC2(C)C)NN1CCCNC(=O)OC(C)(C)C. The van der Waals surface area contributed by atoms with Crippen LogP contribution in [0.2, 0.25) is 0 Å². The minimum Gasteiger partial charge on any atom is -0.461 e. The molecule has 0 atom stereocenters. The van der Waals surface area contributed by atoms with Gasteiger partial charge in [0.05, 0.1) is 18.0 Å². The number of amides is 1. The van der Waals surface area contributed by atoms with E-state index in [9.17, 15) is 9.59 Å². The number of aliphatic imine (C=N–C) groups is 1. The van der Waals surface area contributed by atoms with E-state index in [4.69, 9.17) is 15.2 Å². The van der Waals surface area contributed by atoms with Crippen molar-refractivity contribution >= 4 is 18.0 Å². The van der Waals surface area contributed by atoms with Crippen LogP contribution in [0.1, 0.15) is 54.4 Å². The molecule has 0 aromatic heterocycles. The van der Waals surface area contributed by atoms with Crippen molar-refractivity contribution in [1.82, 2.24) is 21.1 Å². The van der Waals surface area contributed by atoms with Crippen LogP contribution in [0.5, 0.6) is 0 Å². The summed E-state index contributed by atoms with van der Waals surface area (Å²) in [6.45, 7) is 12.6. The molecule has 0 saturated heterocycles. The van der Waals surface area contributed by atoms with Gasteiger partial charge in [-0.25, -0.2) is 14.6 Å². The largest absolute Gasteiger partial charge is 0.461 e. The molecule has 1 aliphatic carbocycles. The average Bonchev–Trinajstić information content (AvgIpc) is 3.06. The second-order valence-electron chi connectivity index (χ2n) is 9.59. The number of esters is 1. The molecule has 2 heterocycles. The third-order valence-corrected chi connectivity index (χ3v) is 5.19. The Morgan fingerprint density at radius 1 is 1.31 bits per heavy atom. The van der Waals surface area contributed by atoms with Crippen LogP contribution in [-0.4, -0.2) is 48.3 Å². The fourth-order valence-electron chi connectivity index (χ4n) is 4.04. The van der Waals surface area contributed by atoms with Crippen molar-refractivity contribution in [3.05, 3.63) is 34.4 Å². The second kappa shape index (κ2) is 8.76. The van der Waals surface area contributed by atoms with Crippen LogP contribution in [0.25, 0.3) is 0 Å². The quantitative estimate of drug-likeness (QED) is 0.360. The zero-order valence-corrected chi connectivity index (χ0v) is 19.7. The minimum atomic E-state index is -0.555. The first-order valence-corrected chi connectivity index (χ1v) is 10.9. The Labute approximate surface area is 188 Å². The molecule has 5 N–H and O–H groups in total. The summed E-state index contributed by atoms with van der Waals surface area (Å²) in [5, 5.41) is 7.67. The third-order valence-electron chi connectivity index (χ3n) is 5.19. The molecule has 0 bridgehead atoms. The zero-order chi connectivity index (χ0) is 23.7. The number of rotatable bonds is 6. The molecule has 0 aromatic carbocycles. The molecule has 0 aromatic rings. The molecule has 3 rings (SSSR count). The van der Waals surface area contributed by atoms with E-state index in [1.165, 1.54) is 0 Å². The van der Waals surface area contributed by atoms with Crippen LogP contribution in [0.4, 0.5) is 4.79 Å². The van der Waals surface area contributed by atoms with Crippen molar-refractivity contribution < 1.29 is 19.1 Å². The lowest BCUT2D eigenvalue weighted by Crippen LogP contribution is -2.41. The van der Waals surface area contributed by atoms with Gasteiger partial charge in [0.1, 0.15) is 11.3 Å². The Bertz CT molecular complexity index is 923. The van der Waals surface area contributed by atoms with Crippen molar-refractivity contribution in [2.75, 3.05) is 19.7 Å². The zero-order valence-electron chi connectivity index (χ0n) is 19.7. The number of carbonyl (C=O) groups excluding carboxylic acids is 2. The monoisotopic (exact) mass is 446 g/mol. The topological polar surface area (TPSA) is 130 Å². The number of fused-ring (bicyclic) bond motifs is 2. The molecule has 10 heteroatoms. The Kier molecular flexibility index (Phi) is 6.43. The lowest BCUT2D eigenvalue weighted by Gasteiger charge is -2.36. The number of ether oxygens (including phenoxy) is 2. The van der Waals surface area contributed by atoms with E-state index in [-0.39, 0.29) is 18.0 Å². The summed E-state index contributed by atoms with van der Waals surface area (Å²) in [5.74, 6) is -0.0848. The summed E-state index contributed by atoms with van der Waals surface area (Å²) in [5.41, 5.74) is 12.4. The molecular formula is C22H34N6O4. The van der Waals surface area contributed by atoms with Gasteiger partial charge in [-0.05, 0) is 51.5 Å². The Hall–Kier alpha value is -3.17. The Morgan fingerprint density at radius 3 is 2.69 bits per heavy atom. The number of allylic oxidation sites excluding steroid dienone is 2. The number of nitrogens with one attached hydrogen (secondary N) is 3. The summed E-state index contributed by atoms with van der Waals surface area (Å²) in [4.78, 5) is 29.0. The molecule has 0 saturated carbocycles. The van der Waals surface area contributed by atoms with Crippen LogP contribution in [0, 0.1) is 5.41 Å². The summed E-state index contributed by atoms with van der Waals surface area (Å²) in [6.07, 6.45) is 2.59. The number of hydrogen-bond donors (Lipinski definition) is 4. The number of hydrogen-bond acceptors (Lipinski definition) is 9. The summed E-state index contributed by atoms with van der Waals surface area (Å²) >= 11 is 0. The second-order valence-corrected chi connectivity index (χ2v) is 9.59. The van der Waals surface area contributed by atoms with E-state index >= 15 is 0 Å². The first kappa shape index (κ1) is 23.5. The van der Waals surface area contributed by atoms with E-state index in [1.807, 2.05) is 20.8 Å². The maximum atomic E-state index is 13.0. The minimum absolute atomic E-state index is 0.277. The van der Waals surface area contributed by atoms with Gasteiger partial charge in [-0.15, -0.1) is 0 Å². The predicted octanol–water partition coefficient (Wildman–Crippen LogP) is 1.98. The molecule has 0 fully saturated rings. The highest BCUT2D eigenvalue weighted by Crippen LogP contribution is 2.49. The standard InChI is InChI=1S/C22H34N6O4/c1-7-31-18(29)17-14-16(15-13(11-22(14,5)6)12-25-19(23)26-15)27-28(17)10-8-9-24-20(30)32-21(2,3)4/h12,27H,7-11H2,1-6H3,(H,24,30)(H3,23,25,26). The van der Waals surface area contributed by atoms with Crippen molar-refractivity contribution in [2.24, 2.45) is 16.1 Å². The number of nitrogens with zero attached hydrogens (tertiary/aromatic N) is 2. The van der Waals surface area contributed by atoms with Crippen molar-refractivity contribution in [3.8, 4) is 0 Å². The van der Waals surface area contributed by atoms with Crippen LogP contribution in [0.3, 0.4) is 0 Å². The van der Waals surface area contributed by atoms with Gasteiger partial charge in [0.25, 0.3) is 0 Å². The lowest BCUT2D eigenvalue weighted by molar-refractivity contribution is -0.140. The maximum Gasteiger partial charge on any atom is 0.407 e. The molecule has 3 aliphatic rings. The Balaban J connectivity index is 1.82. The number of alkyl carbamates (subject to hydrolysis) is 1. The number of nitrogens with two attached hydrogens (primary N) is 1. The summed E-state index contributed by atoms with van der Waals surface area (Å²) in [6, 6.07) is 0. The molecule has 1 amide bonds. The van der Waals surface area contributed by atoms with Crippen LogP contribution in [-0.2, 0) is 14.3 Å². The third kappa shape index (κ3) is 5.00. The van der Waals surface area contributed by atoms with Gasteiger partial charge in [0, 0.05) is 24.9 Å². The summed E-state index contributed by atoms with van der Waals surface area (Å²) in [7, 11) is 0. The molecule has 0 radical (unpaired) electrons. The maximum absolute atomic E-state index is 13.0. The van der Waals surface area contributed by atoms with Gasteiger partial charge in [-0.3, -0.25) is 10.4 Å². The molecular weight excluding hydrogens is 412 g/mol. The van der Waals surface area contributed by atoms with Crippen LogP contribution >= 0.6 is 0 Å². The Morgan fingerprint density at radius 2 is 2.03 bits per heavy atom. The van der Waals surface area contributed by atoms with Crippen LogP contribution in [0.15, 0.2) is 39.4 Å². The first-order valence-electron chi connectivity index (χ1n) is 10.9. The average molecular weight is 447 g/mol. The van der Waals surface area contributed by atoms with Gasteiger partial charge < -0.3 is 25.8 Å². The van der Waals surface area contributed by atoms with E-state index in [0.29, 0.717) is 37.6 Å². The smallest absolute Gasteiger partial charge is 0.407 e. The van der Waals surface area contributed by atoms with Gasteiger partial charge in [0.2, 0.25) is 0 Å². The fourth-order valence-corrected chi connectivity index (χ4v) is 4.04. The van der Waals surface area contributed by atoms with E-state index in [0.717, 1.165) is 22.5 Å². The van der Waals surface area contributed by atoms with Gasteiger partial charge >= 0.3 is 12.1 Å². The molecule has 32 heavy (non-hydrogen) atoms.